The first-order chi connectivity index (χ1) is 12.1. The largest absolute Gasteiger partial charge is 0.348 e. The van der Waals surface area contributed by atoms with E-state index in [1.807, 2.05) is 49.4 Å². The van der Waals surface area contributed by atoms with E-state index in [0.29, 0.717) is 22.9 Å². The van der Waals surface area contributed by atoms with Crippen LogP contribution in [-0.2, 0) is 6.54 Å². The van der Waals surface area contributed by atoms with Gasteiger partial charge >= 0.3 is 0 Å². The van der Waals surface area contributed by atoms with Gasteiger partial charge in [0, 0.05) is 18.3 Å². The third kappa shape index (κ3) is 4.37. The van der Waals surface area contributed by atoms with E-state index in [4.69, 9.17) is 11.6 Å². The Morgan fingerprint density at radius 1 is 1.08 bits per heavy atom. The Morgan fingerprint density at radius 3 is 2.64 bits per heavy atom. The van der Waals surface area contributed by atoms with Gasteiger partial charge in [-0.05, 0) is 42.3 Å². The minimum Gasteiger partial charge on any atom is -0.348 e. The number of carbonyl (C=O) groups is 1. The highest BCUT2D eigenvalue weighted by Gasteiger charge is 2.08. The van der Waals surface area contributed by atoms with E-state index in [2.05, 4.69) is 15.6 Å². The zero-order valence-electron chi connectivity index (χ0n) is 13.8. The van der Waals surface area contributed by atoms with Crippen molar-refractivity contribution in [3.05, 3.63) is 88.6 Å². The summed E-state index contributed by atoms with van der Waals surface area (Å²) in [6.45, 7) is 2.51. The second kappa shape index (κ2) is 7.81. The van der Waals surface area contributed by atoms with Crippen LogP contribution >= 0.6 is 11.6 Å². The Balaban J connectivity index is 1.69. The zero-order chi connectivity index (χ0) is 17.6. The van der Waals surface area contributed by atoms with Gasteiger partial charge in [0.15, 0.2) is 0 Å². The molecule has 3 aromatic rings. The van der Waals surface area contributed by atoms with Gasteiger partial charge in [-0.15, -0.1) is 0 Å². The molecule has 0 saturated heterocycles. The van der Waals surface area contributed by atoms with Gasteiger partial charge in [-0.2, -0.15) is 0 Å². The van der Waals surface area contributed by atoms with Crippen molar-refractivity contribution in [2.24, 2.45) is 0 Å². The summed E-state index contributed by atoms with van der Waals surface area (Å²) in [4.78, 5) is 16.6. The fraction of sp³-hybridized carbons (Fsp3) is 0.100. The van der Waals surface area contributed by atoms with Gasteiger partial charge in [0.05, 0.1) is 10.7 Å². The van der Waals surface area contributed by atoms with Crippen LogP contribution in [0.5, 0.6) is 0 Å². The molecule has 1 heterocycles. The molecule has 3 rings (SSSR count). The molecule has 0 bridgehead atoms. The van der Waals surface area contributed by atoms with Crippen molar-refractivity contribution in [3.8, 4) is 0 Å². The number of pyridine rings is 1. The van der Waals surface area contributed by atoms with Gasteiger partial charge in [0.2, 0.25) is 0 Å². The molecule has 5 heteroatoms. The smallest absolute Gasteiger partial charge is 0.251 e. The van der Waals surface area contributed by atoms with E-state index < -0.39 is 0 Å². The fourth-order valence-corrected chi connectivity index (χ4v) is 2.61. The average molecular weight is 352 g/mol. The van der Waals surface area contributed by atoms with Crippen molar-refractivity contribution in [1.29, 1.82) is 0 Å². The first-order valence-electron chi connectivity index (χ1n) is 7.94. The predicted octanol–water partition coefficient (Wildman–Crippen LogP) is 4.72. The number of hydrogen-bond acceptors (Lipinski definition) is 3. The summed E-state index contributed by atoms with van der Waals surface area (Å²) >= 11 is 6.14. The lowest BCUT2D eigenvalue weighted by atomic mass is 10.1. The van der Waals surface area contributed by atoms with Crippen LogP contribution in [0.15, 0.2) is 66.9 Å². The van der Waals surface area contributed by atoms with Gasteiger partial charge in [0.1, 0.15) is 5.82 Å². The van der Waals surface area contributed by atoms with Crippen molar-refractivity contribution in [2.75, 3.05) is 5.32 Å². The maximum atomic E-state index is 12.4. The first-order valence-corrected chi connectivity index (χ1v) is 8.31. The number of aromatic nitrogens is 1. The molecule has 0 aliphatic heterocycles. The van der Waals surface area contributed by atoms with Crippen molar-refractivity contribution in [1.82, 2.24) is 10.3 Å². The minimum atomic E-state index is -0.145. The number of nitrogens with one attached hydrogen (secondary N) is 2. The van der Waals surface area contributed by atoms with E-state index in [-0.39, 0.29) is 5.91 Å². The Hall–Kier alpha value is -2.85. The third-order valence-corrected chi connectivity index (χ3v) is 4.19. The van der Waals surface area contributed by atoms with Crippen molar-refractivity contribution >= 4 is 29.0 Å². The van der Waals surface area contributed by atoms with Crippen LogP contribution in [0.4, 0.5) is 11.5 Å². The second-order valence-electron chi connectivity index (χ2n) is 5.64. The zero-order valence-corrected chi connectivity index (χ0v) is 14.5. The highest BCUT2D eigenvalue weighted by Crippen LogP contribution is 2.24. The molecule has 0 atom stereocenters. The third-order valence-electron chi connectivity index (χ3n) is 3.86. The van der Waals surface area contributed by atoms with E-state index >= 15 is 0 Å². The lowest BCUT2D eigenvalue weighted by Crippen LogP contribution is -2.23. The number of halogens is 1. The molecule has 25 heavy (non-hydrogen) atoms. The molecule has 0 spiro atoms. The molecule has 0 unspecified atom stereocenters. The number of aryl methyl sites for hydroxylation is 1. The van der Waals surface area contributed by atoms with Crippen LogP contribution in [0.25, 0.3) is 0 Å². The molecule has 0 radical (unpaired) electrons. The lowest BCUT2D eigenvalue weighted by molar-refractivity contribution is 0.0951. The quantitative estimate of drug-likeness (QED) is 0.699. The number of carbonyl (C=O) groups excluding carboxylic acids is 1. The molecule has 2 N–H and O–H groups in total. The van der Waals surface area contributed by atoms with E-state index in [9.17, 15) is 4.79 Å². The summed E-state index contributed by atoms with van der Waals surface area (Å²) in [6.07, 6.45) is 1.60. The van der Waals surface area contributed by atoms with E-state index in [1.165, 1.54) is 0 Å². The molecule has 0 aliphatic carbocycles. The summed E-state index contributed by atoms with van der Waals surface area (Å²) in [7, 11) is 0. The Bertz CT molecular complexity index is 895. The highest BCUT2D eigenvalue weighted by atomic mass is 35.5. The molecule has 0 fully saturated rings. The number of hydrogen-bond donors (Lipinski definition) is 2. The SMILES string of the molecule is Cc1ccccc1CNC(=O)c1ccnc(Nc2ccccc2Cl)c1. The van der Waals surface area contributed by atoms with Gasteiger partial charge in [-0.25, -0.2) is 4.98 Å². The summed E-state index contributed by atoms with van der Waals surface area (Å²) in [5.41, 5.74) is 3.53. The summed E-state index contributed by atoms with van der Waals surface area (Å²) in [5, 5.41) is 6.66. The van der Waals surface area contributed by atoms with E-state index in [0.717, 1.165) is 16.8 Å². The van der Waals surface area contributed by atoms with Crippen LogP contribution in [0.1, 0.15) is 21.5 Å². The standard InChI is InChI=1S/C20H18ClN3O/c1-14-6-2-3-7-16(14)13-23-20(25)15-10-11-22-19(12-15)24-18-9-5-4-8-17(18)21/h2-12H,13H2,1H3,(H,22,24)(H,23,25). The van der Waals surface area contributed by atoms with Crippen LogP contribution in [0.3, 0.4) is 0 Å². The fourth-order valence-electron chi connectivity index (χ4n) is 2.43. The van der Waals surface area contributed by atoms with Crippen LogP contribution < -0.4 is 10.6 Å². The first kappa shape index (κ1) is 17.0. The highest BCUT2D eigenvalue weighted by molar-refractivity contribution is 6.33. The number of para-hydroxylation sites is 1. The van der Waals surface area contributed by atoms with Crippen molar-refractivity contribution in [2.45, 2.75) is 13.5 Å². The molecule has 126 valence electrons. The van der Waals surface area contributed by atoms with Gasteiger partial charge < -0.3 is 10.6 Å². The summed E-state index contributed by atoms with van der Waals surface area (Å²) < 4.78 is 0. The topological polar surface area (TPSA) is 54.0 Å². The normalized spacial score (nSPS) is 10.3. The Morgan fingerprint density at radius 2 is 1.84 bits per heavy atom. The van der Waals surface area contributed by atoms with Gasteiger partial charge in [0.25, 0.3) is 5.91 Å². The van der Waals surface area contributed by atoms with Gasteiger partial charge in [-0.3, -0.25) is 4.79 Å². The lowest BCUT2D eigenvalue weighted by Gasteiger charge is -2.10. The molecule has 4 nitrogen and oxygen atoms in total. The summed E-state index contributed by atoms with van der Waals surface area (Å²) in [5.74, 6) is 0.421. The minimum absolute atomic E-state index is 0.145. The van der Waals surface area contributed by atoms with Crippen molar-refractivity contribution in [3.63, 3.8) is 0 Å². The second-order valence-corrected chi connectivity index (χ2v) is 6.05. The number of amides is 1. The molecular formula is C20H18ClN3O. The van der Waals surface area contributed by atoms with Crippen molar-refractivity contribution < 1.29 is 4.79 Å². The molecule has 1 aromatic heterocycles. The molecule has 1 amide bonds. The average Bonchev–Trinajstić information content (AvgIpc) is 2.63. The number of anilines is 2. The predicted molar refractivity (Wildman–Crippen MR) is 101 cm³/mol. The van der Waals surface area contributed by atoms with Crippen LogP contribution in [-0.4, -0.2) is 10.9 Å². The van der Waals surface area contributed by atoms with Crippen LogP contribution in [0.2, 0.25) is 5.02 Å². The number of nitrogens with zero attached hydrogens (tertiary/aromatic N) is 1. The molecular weight excluding hydrogens is 334 g/mol. The maximum absolute atomic E-state index is 12.4. The molecule has 2 aromatic carbocycles. The maximum Gasteiger partial charge on any atom is 0.251 e. The van der Waals surface area contributed by atoms with Crippen LogP contribution in [0, 0.1) is 6.92 Å². The van der Waals surface area contributed by atoms with E-state index in [1.54, 1.807) is 24.4 Å². The molecule has 0 aliphatic rings. The Labute approximate surface area is 151 Å². The van der Waals surface area contributed by atoms with Gasteiger partial charge in [-0.1, -0.05) is 48.0 Å². The summed E-state index contributed by atoms with van der Waals surface area (Å²) in [6, 6.07) is 18.8. The number of benzene rings is 2. The Kier molecular flexibility index (Phi) is 5.31. The molecule has 0 saturated carbocycles. The monoisotopic (exact) mass is 351 g/mol. The number of rotatable bonds is 5.